The van der Waals surface area contributed by atoms with Crippen molar-refractivity contribution in [3.8, 4) is 0 Å². The highest BCUT2D eigenvalue weighted by atomic mass is 16.5. The summed E-state index contributed by atoms with van der Waals surface area (Å²) in [4.78, 5) is 4.42. The fourth-order valence-corrected chi connectivity index (χ4v) is 3.26. The van der Waals surface area contributed by atoms with Crippen LogP contribution >= 0.6 is 0 Å². The third-order valence-electron chi connectivity index (χ3n) is 4.33. The Morgan fingerprint density at radius 3 is 3.05 bits per heavy atom. The maximum Gasteiger partial charge on any atom is 0.0576 e. The Kier molecular flexibility index (Phi) is 4.84. The summed E-state index contributed by atoms with van der Waals surface area (Å²) in [6.07, 6.45) is 9.08. The predicted molar refractivity (Wildman–Crippen MR) is 86.4 cm³/mol. The molecule has 3 heteroatoms. The first kappa shape index (κ1) is 14.5. The molecule has 0 spiro atoms. The van der Waals surface area contributed by atoms with Crippen molar-refractivity contribution in [1.29, 1.82) is 0 Å². The quantitative estimate of drug-likeness (QED) is 0.875. The molecule has 21 heavy (non-hydrogen) atoms. The van der Waals surface area contributed by atoms with Crippen LogP contribution in [0.25, 0.3) is 10.8 Å². The molecule has 1 aliphatic heterocycles. The zero-order chi connectivity index (χ0) is 14.5. The molecule has 0 radical (unpaired) electrons. The van der Waals surface area contributed by atoms with Crippen LogP contribution in [-0.4, -0.2) is 24.2 Å². The van der Waals surface area contributed by atoms with Gasteiger partial charge in [0, 0.05) is 30.4 Å². The Balaban J connectivity index is 1.80. The molecule has 2 heterocycles. The minimum absolute atomic E-state index is 0.359. The lowest BCUT2D eigenvalue weighted by Gasteiger charge is -2.21. The van der Waals surface area contributed by atoms with Crippen molar-refractivity contribution < 1.29 is 4.74 Å². The molecule has 112 valence electrons. The van der Waals surface area contributed by atoms with E-state index in [1.54, 1.807) is 0 Å². The van der Waals surface area contributed by atoms with Crippen molar-refractivity contribution >= 4 is 10.8 Å². The highest BCUT2D eigenvalue weighted by molar-refractivity contribution is 5.85. The molecular weight excluding hydrogens is 260 g/mol. The van der Waals surface area contributed by atoms with E-state index >= 15 is 0 Å². The Hall–Kier alpha value is -1.45. The summed E-state index contributed by atoms with van der Waals surface area (Å²) in [5.41, 5.74) is 1.31. The van der Waals surface area contributed by atoms with Gasteiger partial charge < -0.3 is 10.1 Å². The second kappa shape index (κ2) is 7.01. The molecule has 1 fully saturated rings. The van der Waals surface area contributed by atoms with Crippen molar-refractivity contribution in [3.05, 3.63) is 42.2 Å². The van der Waals surface area contributed by atoms with E-state index in [1.165, 1.54) is 29.2 Å². The molecule has 0 amide bonds. The van der Waals surface area contributed by atoms with Crippen LogP contribution in [0.1, 0.15) is 44.2 Å². The Morgan fingerprint density at radius 2 is 2.24 bits per heavy atom. The molecule has 3 rings (SSSR count). The van der Waals surface area contributed by atoms with Gasteiger partial charge in [-0.15, -0.1) is 0 Å². The minimum atomic E-state index is 0.359. The molecule has 2 atom stereocenters. The Labute approximate surface area is 126 Å². The number of pyridine rings is 1. The molecule has 2 unspecified atom stereocenters. The Bertz CT molecular complexity index is 573. The molecule has 1 N–H and O–H groups in total. The first-order valence-corrected chi connectivity index (χ1v) is 8.06. The van der Waals surface area contributed by atoms with Gasteiger partial charge in [-0.3, -0.25) is 4.98 Å². The van der Waals surface area contributed by atoms with E-state index in [4.69, 9.17) is 4.74 Å². The first-order valence-electron chi connectivity index (χ1n) is 8.06. The van der Waals surface area contributed by atoms with Crippen LogP contribution in [-0.2, 0) is 4.74 Å². The van der Waals surface area contributed by atoms with Crippen LogP contribution in [0.3, 0.4) is 0 Å². The SMILES string of the molecule is CCNC(CCC1CCCO1)c1cncc2ccccc12. The van der Waals surface area contributed by atoms with Crippen molar-refractivity contribution in [3.63, 3.8) is 0 Å². The zero-order valence-electron chi connectivity index (χ0n) is 12.7. The van der Waals surface area contributed by atoms with E-state index in [1.807, 2.05) is 12.4 Å². The van der Waals surface area contributed by atoms with E-state index in [2.05, 4.69) is 41.5 Å². The standard InChI is InChI=1S/C18H24N2O/c1-2-20-18(10-9-15-7-5-11-21-15)17-13-19-12-14-6-3-4-8-16(14)17/h3-4,6,8,12-13,15,18,20H,2,5,7,9-11H2,1H3. The second-order valence-electron chi connectivity index (χ2n) is 5.77. The number of fused-ring (bicyclic) bond motifs is 1. The minimum Gasteiger partial charge on any atom is -0.378 e. The molecule has 0 aliphatic carbocycles. The van der Waals surface area contributed by atoms with Gasteiger partial charge in [-0.2, -0.15) is 0 Å². The molecule has 0 saturated carbocycles. The maximum atomic E-state index is 5.76. The highest BCUT2D eigenvalue weighted by Crippen LogP contribution is 2.28. The summed E-state index contributed by atoms with van der Waals surface area (Å²) in [5.74, 6) is 0. The summed E-state index contributed by atoms with van der Waals surface area (Å²) in [6.45, 7) is 4.07. The maximum absolute atomic E-state index is 5.76. The molecule has 3 nitrogen and oxygen atoms in total. The monoisotopic (exact) mass is 284 g/mol. The lowest BCUT2D eigenvalue weighted by Crippen LogP contribution is -2.23. The summed E-state index contributed by atoms with van der Waals surface area (Å²) in [5, 5.41) is 6.15. The van der Waals surface area contributed by atoms with E-state index in [0.717, 1.165) is 26.0 Å². The van der Waals surface area contributed by atoms with Crippen molar-refractivity contribution in [2.24, 2.45) is 0 Å². The average Bonchev–Trinajstić information content (AvgIpc) is 3.04. The van der Waals surface area contributed by atoms with Crippen LogP contribution in [0.5, 0.6) is 0 Å². The number of ether oxygens (including phenoxy) is 1. The number of nitrogens with one attached hydrogen (secondary N) is 1. The van der Waals surface area contributed by atoms with Gasteiger partial charge in [-0.05, 0) is 43.2 Å². The van der Waals surface area contributed by atoms with Gasteiger partial charge in [0.1, 0.15) is 0 Å². The third kappa shape index (κ3) is 3.42. The van der Waals surface area contributed by atoms with Crippen LogP contribution in [0, 0.1) is 0 Å². The molecule has 1 aromatic carbocycles. The van der Waals surface area contributed by atoms with E-state index in [0.29, 0.717) is 12.1 Å². The number of hydrogen-bond donors (Lipinski definition) is 1. The van der Waals surface area contributed by atoms with Crippen molar-refractivity contribution in [2.75, 3.05) is 13.2 Å². The fraction of sp³-hybridized carbons (Fsp3) is 0.500. The smallest absolute Gasteiger partial charge is 0.0576 e. The summed E-state index contributed by atoms with van der Waals surface area (Å²) >= 11 is 0. The van der Waals surface area contributed by atoms with E-state index in [-0.39, 0.29) is 0 Å². The molecule has 0 bridgehead atoms. The molecule has 1 aliphatic rings. The van der Waals surface area contributed by atoms with E-state index < -0.39 is 0 Å². The van der Waals surface area contributed by atoms with Crippen molar-refractivity contribution in [1.82, 2.24) is 10.3 Å². The first-order chi connectivity index (χ1) is 10.4. The highest BCUT2D eigenvalue weighted by Gasteiger charge is 2.19. The van der Waals surface area contributed by atoms with Gasteiger partial charge in [0.05, 0.1) is 6.10 Å². The number of benzene rings is 1. The Morgan fingerprint density at radius 1 is 1.33 bits per heavy atom. The van der Waals surface area contributed by atoms with Gasteiger partial charge in [-0.25, -0.2) is 0 Å². The number of hydrogen-bond acceptors (Lipinski definition) is 3. The normalized spacial score (nSPS) is 20.0. The van der Waals surface area contributed by atoms with Gasteiger partial charge in [0.15, 0.2) is 0 Å². The number of nitrogens with zero attached hydrogens (tertiary/aromatic N) is 1. The van der Waals surface area contributed by atoms with Gasteiger partial charge in [0.2, 0.25) is 0 Å². The molecular formula is C18H24N2O. The van der Waals surface area contributed by atoms with Gasteiger partial charge >= 0.3 is 0 Å². The molecule has 2 aromatic rings. The van der Waals surface area contributed by atoms with Gasteiger partial charge in [0.25, 0.3) is 0 Å². The van der Waals surface area contributed by atoms with Crippen LogP contribution in [0.15, 0.2) is 36.7 Å². The predicted octanol–water partition coefficient (Wildman–Crippen LogP) is 3.84. The molecule has 1 saturated heterocycles. The molecule has 1 aromatic heterocycles. The summed E-state index contributed by atoms with van der Waals surface area (Å²) in [7, 11) is 0. The van der Waals surface area contributed by atoms with Gasteiger partial charge in [-0.1, -0.05) is 31.2 Å². The lowest BCUT2D eigenvalue weighted by atomic mass is 9.96. The van der Waals surface area contributed by atoms with Crippen LogP contribution in [0.4, 0.5) is 0 Å². The van der Waals surface area contributed by atoms with Crippen LogP contribution < -0.4 is 5.32 Å². The second-order valence-corrected chi connectivity index (χ2v) is 5.77. The average molecular weight is 284 g/mol. The fourth-order valence-electron chi connectivity index (χ4n) is 3.26. The number of rotatable bonds is 6. The third-order valence-corrected chi connectivity index (χ3v) is 4.33. The topological polar surface area (TPSA) is 34.1 Å². The lowest BCUT2D eigenvalue weighted by molar-refractivity contribution is 0.0997. The van der Waals surface area contributed by atoms with Crippen LogP contribution in [0.2, 0.25) is 0 Å². The van der Waals surface area contributed by atoms with Crippen molar-refractivity contribution in [2.45, 2.75) is 44.8 Å². The summed E-state index contributed by atoms with van der Waals surface area (Å²) < 4.78 is 5.76. The van der Waals surface area contributed by atoms with E-state index in [9.17, 15) is 0 Å². The number of aromatic nitrogens is 1. The zero-order valence-corrected chi connectivity index (χ0v) is 12.7. The largest absolute Gasteiger partial charge is 0.378 e. The summed E-state index contributed by atoms with van der Waals surface area (Å²) in [6, 6.07) is 8.87.